The summed E-state index contributed by atoms with van der Waals surface area (Å²) in [5, 5.41) is 0. The molecule has 0 aliphatic carbocycles. The molecule has 0 unspecified atom stereocenters. The Balaban J connectivity index is 3.19. The van der Waals surface area contributed by atoms with Crippen LogP contribution in [0.25, 0.3) is 0 Å². The summed E-state index contributed by atoms with van der Waals surface area (Å²) in [4.78, 5) is 13.8. The highest BCUT2D eigenvalue weighted by molar-refractivity contribution is 5.93. The van der Waals surface area contributed by atoms with E-state index in [9.17, 15) is 18.0 Å². The molecule has 0 amide bonds. The van der Waals surface area contributed by atoms with E-state index in [4.69, 9.17) is 0 Å². The SMILES string of the molecule is CC(=O)c1cnc(F)c(C(F)F)c1. The molecular weight excluding hydrogens is 183 g/mol. The summed E-state index contributed by atoms with van der Waals surface area (Å²) in [6.45, 7) is 1.20. The zero-order valence-electron chi connectivity index (χ0n) is 6.72. The first-order valence-corrected chi connectivity index (χ1v) is 3.47. The Morgan fingerprint density at radius 2 is 2.15 bits per heavy atom. The predicted octanol–water partition coefficient (Wildman–Crippen LogP) is 2.36. The Hall–Kier alpha value is -1.39. The Bertz CT molecular complexity index is 338. The maximum absolute atomic E-state index is 12.6. The quantitative estimate of drug-likeness (QED) is 0.528. The van der Waals surface area contributed by atoms with Gasteiger partial charge in [0.2, 0.25) is 5.95 Å². The van der Waals surface area contributed by atoms with Crippen LogP contribution in [0.1, 0.15) is 29.3 Å². The van der Waals surface area contributed by atoms with E-state index in [1.807, 2.05) is 0 Å². The number of pyridine rings is 1. The zero-order chi connectivity index (χ0) is 10.0. The molecule has 0 aliphatic heterocycles. The minimum atomic E-state index is -2.95. The fraction of sp³-hybridized carbons (Fsp3) is 0.250. The maximum Gasteiger partial charge on any atom is 0.268 e. The van der Waals surface area contributed by atoms with Crippen LogP contribution in [0.4, 0.5) is 13.2 Å². The fourth-order valence-electron chi connectivity index (χ4n) is 0.811. The van der Waals surface area contributed by atoms with E-state index in [1.165, 1.54) is 6.92 Å². The highest BCUT2D eigenvalue weighted by atomic mass is 19.3. The van der Waals surface area contributed by atoms with Crippen LogP contribution in [-0.2, 0) is 0 Å². The molecule has 0 radical (unpaired) electrons. The molecule has 0 aliphatic rings. The van der Waals surface area contributed by atoms with Gasteiger partial charge in [0.05, 0.1) is 5.56 Å². The second kappa shape index (κ2) is 3.55. The van der Waals surface area contributed by atoms with Crippen molar-refractivity contribution in [2.75, 3.05) is 0 Å². The van der Waals surface area contributed by atoms with Gasteiger partial charge in [-0.2, -0.15) is 4.39 Å². The molecule has 1 aromatic heterocycles. The standard InChI is InChI=1S/C8H6F3NO/c1-4(13)5-2-6(7(9)10)8(11)12-3-5/h2-3,7H,1H3. The first kappa shape index (κ1) is 9.70. The third kappa shape index (κ3) is 2.05. The van der Waals surface area contributed by atoms with Crippen LogP contribution in [0.2, 0.25) is 0 Å². The van der Waals surface area contributed by atoms with E-state index in [0.29, 0.717) is 0 Å². The first-order valence-electron chi connectivity index (χ1n) is 3.47. The van der Waals surface area contributed by atoms with Crippen molar-refractivity contribution in [2.45, 2.75) is 13.3 Å². The van der Waals surface area contributed by atoms with Gasteiger partial charge >= 0.3 is 0 Å². The summed E-state index contributed by atoms with van der Waals surface area (Å²) in [5.41, 5.74) is -0.857. The van der Waals surface area contributed by atoms with E-state index in [1.54, 1.807) is 0 Å². The number of ketones is 1. The smallest absolute Gasteiger partial charge is 0.268 e. The van der Waals surface area contributed by atoms with Gasteiger partial charge < -0.3 is 0 Å². The molecule has 0 saturated carbocycles. The van der Waals surface area contributed by atoms with Crippen LogP contribution in [-0.4, -0.2) is 10.8 Å². The average Bonchev–Trinajstić information content (AvgIpc) is 2.04. The van der Waals surface area contributed by atoms with Gasteiger partial charge in [-0.25, -0.2) is 13.8 Å². The molecule has 0 aromatic carbocycles. The largest absolute Gasteiger partial charge is 0.294 e. The second-order valence-corrected chi connectivity index (χ2v) is 2.46. The zero-order valence-corrected chi connectivity index (χ0v) is 6.72. The van der Waals surface area contributed by atoms with Gasteiger partial charge in [0, 0.05) is 11.8 Å². The van der Waals surface area contributed by atoms with Crippen LogP contribution >= 0.6 is 0 Å². The van der Waals surface area contributed by atoms with Crippen molar-refractivity contribution in [1.82, 2.24) is 4.98 Å². The Morgan fingerprint density at radius 1 is 1.54 bits per heavy atom. The molecule has 0 spiro atoms. The molecule has 1 aromatic rings. The van der Waals surface area contributed by atoms with Crippen LogP contribution in [0.3, 0.4) is 0 Å². The lowest BCUT2D eigenvalue weighted by molar-refractivity contribution is 0.101. The molecule has 2 nitrogen and oxygen atoms in total. The minimum absolute atomic E-state index is 0.0169. The van der Waals surface area contributed by atoms with Crippen molar-refractivity contribution in [1.29, 1.82) is 0 Å². The number of carbonyl (C=O) groups is 1. The van der Waals surface area contributed by atoms with Crippen molar-refractivity contribution in [3.63, 3.8) is 0 Å². The van der Waals surface area contributed by atoms with Crippen molar-refractivity contribution in [2.24, 2.45) is 0 Å². The van der Waals surface area contributed by atoms with Crippen LogP contribution in [0.5, 0.6) is 0 Å². The van der Waals surface area contributed by atoms with Gasteiger partial charge in [0.25, 0.3) is 6.43 Å². The molecule has 13 heavy (non-hydrogen) atoms. The number of Topliss-reactive ketones (excluding diaryl/α,β-unsaturated/α-hetero) is 1. The Labute approximate surface area is 72.4 Å². The summed E-state index contributed by atoms with van der Waals surface area (Å²) in [6.07, 6.45) is -2.02. The molecule has 5 heteroatoms. The van der Waals surface area contributed by atoms with Gasteiger partial charge in [-0.15, -0.1) is 0 Å². The van der Waals surface area contributed by atoms with E-state index in [2.05, 4.69) is 4.98 Å². The van der Waals surface area contributed by atoms with Crippen LogP contribution in [0.15, 0.2) is 12.3 Å². The predicted molar refractivity (Wildman–Crippen MR) is 39.2 cm³/mol. The number of aromatic nitrogens is 1. The summed E-state index contributed by atoms with van der Waals surface area (Å²) < 4.78 is 36.7. The van der Waals surface area contributed by atoms with E-state index < -0.39 is 23.7 Å². The van der Waals surface area contributed by atoms with Crippen molar-refractivity contribution < 1.29 is 18.0 Å². The molecule has 70 valence electrons. The number of halogens is 3. The summed E-state index contributed by atoms with van der Waals surface area (Å²) in [6, 6.07) is 0.815. The molecule has 0 fully saturated rings. The van der Waals surface area contributed by atoms with E-state index in [-0.39, 0.29) is 5.56 Å². The van der Waals surface area contributed by atoms with Gasteiger partial charge in [0.1, 0.15) is 0 Å². The fourth-order valence-corrected chi connectivity index (χ4v) is 0.811. The van der Waals surface area contributed by atoms with Gasteiger partial charge in [0.15, 0.2) is 5.78 Å². The summed E-state index contributed by atoms with van der Waals surface area (Å²) in [5.74, 6) is -1.66. The Morgan fingerprint density at radius 3 is 2.62 bits per heavy atom. The van der Waals surface area contributed by atoms with Crippen LogP contribution in [0, 0.1) is 5.95 Å². The lowest BCUT2D eigenvalue weighted by Gasteiger charge is -2.01. The van der Waals surface area contributed by atoms with Gasteiger partial charge in [-0.3, -0.25) is 4.79 Å². The molecule has 0 atom stereocenters. The molecule has 0 saturated heterocycles. The molecule has 0 bridgehead atoms. The molecule has 1 rings (SSSR count). The monoisotopic (exact) mass is 189 g/mol. The van der Waals surface area contributed by atoms with Crippen molar-refractivity contribution in [3.8, 4) is 0 Å². The lowest BCUT2D eigenvalue weighted by Crippen LogP contribution is -2.00. The normalized spacial score (nSPS) is 10.5. The van der Waals surface area contributed by atoms with Crippen molar-refractivity contribution >= 4 is 5.78 Å². The number of hydrogen-bond donors (Lipinski definition) is 0. The van der Waals surface area contributed by atoms with Gasteiger partial charge in [-0.05, 0) is 13.0 Å². The number of rotatable bonds is 2. The first-order chi connectivity index (χ1) is 6.02. The highest BCUT2D eigenvalue weighted by Crippen LogP contribution is 2.21. The maximum atomic E-state index is 12.6. The minimum Gasteiger partial charge on any atom is -0.294 e. The third-order valence-corrected chi connectivity index (χ3v) is 1.51. The molecular formula is C8H6F3NO. The molecule has 1 heterocycles. The van der Waals surface area contributed by atoms with Crippen molar-refractivity contribution in [3.05, 3.63) is 29.3 Å². The third-order valence-electron chi connectivity index (χ3n) is 1.51. The average molecular weight is 189 g/mol. The number of carbonyl (C=O) groups excluding carboxylic acids is 1. The molecule has 0 N–H and O–H groups in total. The Kier molecular flexibility index (Phi) is 2.65. The summed E-state index contributed by atoms with van der Waals surface area (Å²) in [7, 11) is 0. The summed E-state index contributed by atoms with van der Waals surface area (Å²) >= 11 is 0. The topological polar surface area (TPSA) is 30.0 Å². The highest BCUT2D eigenvalue weighted by Gasteiger charge is 2.16. The second-order valence-electron chi connectivity index (χ2n) is 2.46. The van der Waals surface area contributed by atoms with E-state index in [0.717, 1.165) is 12.3 Å². The number of hydrogen-bond acceptors (Lipinski definition) is 2. The van der Waals surface area contributed by atoms with E-state index >= 15 is 0 Å². The number of nitrogens with zero attached hydrogens (tertiary/aromatic N) is 1. The van der Waals surface area contributed by atoms with Crippen LogP contribution < -0.4 is 0 Å². The van der Waals surface area contributed by atoms with Gasteiger partial charge in [-0.1, -0.05) is 0 Å². The lowest BCUT2D eigenvalue weighted by atomic mass is 10.1. The number of alkyl halides is 2.